The number of nitrogens with zero attached hydrogens (tertiary/aromatic N) is 3. The minimum atomic E-state index is 0.195. The molecule has 0 aliphatic carbocycles. The summed E-state index contributed by atoms with van der Waals surface area (Å²) in [7, 11) is 7.44. The number of carbonyl (C=O) groups is 1. The molecule has 6 heteroatoms. The number of likely N-dealkylation sites (N-methyl/N-ethyl adjacent to an activating group) is 1. The molecule has 2 aliphatic rings. The van der Waals surface area contributed by atoms with Gasteiger partial charge < -0.3 is 24.2 Å². The highest BCUT2D eigenvalue weighted by Crippen LogP contribution is 2.38. The molecular weight excluding hydrogens is 342 g/mol. The predicted octanol–water partition coefficient (Wildman–Crippen LogP) is 2.40. The van der Waals surface area contributed by atoms with Crippen molar-refractivity contribution in [3.63, 3.8) is 0 Å². The molecule has 150 valence electrons. The van der Waals surface area contributed by atoms with Crippen LogP contribution in [0.4, 0.5) is 5.69 Å². The molecule has 1 atom stereocenters. The van der Waals surface area contributed by atoms with Crippen LogP contribution in [0.15, 0.2) is 12.1 Å². The number of anilines is 1. The Morgan fingerprint density at radius 1 is 1.11 bits per heavy atom. The summed E-state index contributed by atoms with van der Waals surface area (Å²) in [5.74, 6) is 1.59. The van der Waals surface area contributed by atoms with E-state index in [1.165, 1.54) is 19.3 Å². The zero-order chi connectivity index (χ0) is 19.4. The standard InChI is InChI=1S/C21H33N3O3/c1-22(2)17-12-16-13-19(26-3)20(27-4)14-18(16)24(15-17)21(25)8-11-23-9-6-5-7-10-23/h13-14,17H,5-12,15H2,1-4H3. The van der Waals surface area contributed by atoms with E-state index < -0.39 is 0 Å². The molecular formula is C21H33N3O3. The topological polar surface area (TPSA) is 45.3 Å². The van der Waals surface area contributed by atoms with Gasteiger partial charge in [0.1, 0.15) is 0 Å². The zero-order valence-corrected chi connectivity index (χ0v) is 17.2. The summed E-state index contributed by atoms with van der Waals surface area (Å²) < 4.78 is 11.0. The molecule has 0 radical (unpaired) electrons. The molecule has 1 unspecified atom stereocenters. The minimum absolute atomic E-state index is 0.195. The van der Waals surface area contributed by atoms with Crippen LogP contribution in [0.2, 0.25) is 0 Å². The van der Waals surface area contributed by atoms with Crippen LogP contribution in [0.25, 0.3) is 0 Å². The first kappa shape index (κ1) is 20.0. The van der Waals surface area contributed by atoms with Gasteiger partial charge in [0.25, 0.3) is 0 Å². The second kappa shape index (κ2) is 8.93. The fourth-order valence-corrected chi connectivity index (χ4v) is 4.11. The Hall–Kier alpha value is -1.79. The van der Waals surface area contributed by atoms with Gasteiger partial charge in [-0.25, -0.2) is 0 Å². The van der Waals surface area contributed by atoms with E-state index in [4.69, 9.17) is 9.47 Å². The van der Waals surface area contributed by atoms with Gasteiger partial charge in [0, 0.05) is 31.6 Å². The lowest BCUT2D eigenvalue weighted by atomic mass is 9.96. The number of fused-ring (bicyclic) bond motifs is 1. The summed E-state index contributed by atoms with van der Waals surface area (Å²) in [6.07, 6.45) is 5.28. The van der Waals surface area contributed by atoms with Gasteiger partial charge in [0.05, 0.1) is 19.9 Å². The van der Waals surface area contributed by atoms with Crippen LogP contribution >= 0.6 is 0 Å². The Bertz CT molecular complexity index is 656. The van der Waals surface area contributed by atoms with Gasteiger partial charge in [0.2, 0.25) is 5.91 Å². The molecule has 0 saturated carbocycles. The monoisotopic (exact) mass is 375 g/mol. The highest BCUT2D eigenvalue weighted by atomic mass is 16.5. The third-order valence-electron chi connectivity index (χ3n) is 5.85. The number of carbonyl (C=O) groups excluding carboxylic acids is 1. The molecule has 1 aromatic rings. The summed E-state index contributed by atoms with van der Waals surface area (Å²) in [6, 6.07) is 4.28. The molecule has 1 fully saturated rings. The zero-order valence-electron chi connectivity index (χ0n) is 17.2. The lowest BCUT2D eigenvalue weighted by Gasteiger charge is -2.38. The van der Waals surface area contributed by atoms with Crippen molar-refractivity contribution in [3.8, 4) is 11.5 Å². The van der Waals surface area contributed by atoms with Gasteiger partial charge in [-0.05, 0) is 58.1 Å². The summed E-state index contributed by atoms with van der Waals surface area (Å²) in [5, 5.41) is 0. The third kappa shape index (κ3) is 4.55. The van der Waals surface area contributed by atoms with E-state index in [-0.39, 0.29) is 5.91 Å². The van der Waals surface area contributed by atoms with E-state index >= 15 is 0 Å². The number of benzene rings is 1. The van der Waals surface area contributed by atoms with Crippen molar-refractivity contribution in [2.45, 2.75) is 38.1 Å². The van der Waals surface area contributed by atoms with Crippen LogP contribution in [0, 0.1) is 0 Å². The maximum absolute atomic E-state index is 13.1. The van der Waals surface area contributed by atoms with Crippen molar-refractivity contribution in [2.75, 3.05) is 59.4 Å². The lowest BCUT2D eigenvalue weighted by Crippen LogP contribution is -2.48. The number of hydrogen-bond donors (Lipinski definition) is 0. The molecule has 0 bridgehead atoms. The van der Waals surface area contributed by atoms with E-state index in [2.05, 4.69) is 23.9 Å². The first-order valence-corrected chi connectivity index (χ1v) is 9.97. The maximum atomic E-state index is 13.1. The van der Waals surface area contributed by atoms with Crippen molar-refractivity contribution in [1.29, 1.82) is 0 Å². The van der Waals surface area contributed by atoms with Crippen LogP contribution in [0.3, 0.4) is 0 Å². The average molecular weight is 376 g/mol. The number of amides is 1. The van der Waals surface area contributed by atoms with Crippen LogP contribution in [0.5, 0.6) is 11.5 Å². The largest absolute Gasteiger partial charge is 0.493 e. The Morgan fingerprint density at radius 3 is 2.41 bits per heavy atom. The molecule has 1 aromatic carbocycles. The molecule has 6 nitrogen and oxygen atoms in total. The second-order valence-corrected chi connectivity index (χ2v) is 7.81. The molecule has 2 aliphatic heterocycles. The number of piperidine rings is 1. The molecule has 2 heterocycles. The van der Waals surface area contributed by atoms with E-state index in [0.717, 1.165) is 43.1 Å². The Balaban J connectivity index is 1.81. The highest BCUT2D eigenvalue weighted by molar-refractivity contribution is 5.95. The van der Waals surface area contributed by atoms with E-state index in [9.17, 15) is 4.79 Å². The Kier molecular flexibility index (Phi) is 6.60. The molecule has 1 amide bonds. The van der Waals surface area contributed by atoms with Crippen molar-refractivity contribution >= 4 is 11.6 Å². The normalized spacial score (nSPS) is 20.5. The maximum Gasteiger partial charge on any atom is 0.228 e. The van der Waals surface area contributed by atoms with Gasteiger partial charge >= 0.3 is 0 Å². The first-order chi connectivity index (χ1) is 13.0. The minimum Gasteiger partial charge on any atom is -0.493 e. The number of hydrogen-bond acceptors (Lipinski definition) is 5. The summed E-state index contributed by atoms with van der Waals surface area (Å²) in [4.78, 5) is 19.7. The van der Waals surface area contributed by atoms with Crippen LogP contribution in [-0.4, -0.2) is 76.2 Å². The highest BCUT2D eigenvalue weighted by Gasteiger charge is 2.31. The number of rotatable bonds is 6. The quantitative estimate of drug-likeness (QED) is 0.764. The van der Waals surface area contributed by atoms with E-state index in [1.807, 2.05) is 17.0 Å². The third-order valence-corrected chi connectivity index (χ3v) is 5.85. The first-order valence-electron chi connectivity index (χ1n) is 9.97. The van der Waals surface area contributed by atoms with Crippen LogP contribution < -0.4 is 14.4 Å². The molecule has 27 heavy (non-hydrogen) atoms. The Morgan fingerprint density at radius 2 is 1.78 bits per heavy atom. The van der Waals surface area contributed by atoms with Crippen LogP contribution in [-0.2, 0) is 11.2 Å². The molecule has 0 N–H and O–H groups in total. The lowest BCUT2D eigenvalue weighted by molar-refractivity contribution is -0.119. The molecule has 3 rings (SSSR count). The average Bonchev–Trinajstić information content (AvgIpc) is 2.70. The number of methoxy groups -OCH3 is 2. The number of likely N-dealkylation sites (tertiary alicyclic amines) is 1. The van der Waals surface area contributed by atoms with Gasteiger partial charge in [-0.3, -0.25) is 4.79 Å². The summed E-state index contributed by atoms with van der Waals surface area (Å²) in [6.45, 7) is 3.81. The molecule has 0 aromatic heterocycles. The fourth-order valence-electron chi connectivity index (χ4n) is 4.11. The summed E-state index contributed by atoms with van der Waals surface area (Å²) >= 11 is 0. The summed E-state index contributed by atoms with van der Waals surface area (Å²) in [5.41, 5.74) is 2.11. The smallest absolute Gasteiger partial charge is 0.228 e. The van der Waals surface area contributed by atoms with Gasteiger partial charge in [0.15, 0.2) is 11.5 Å². The second-order valence-electron chi connectivity index (χ2n) is 7.81. The van der Waals surface area contributed by atoms with Crippen molar-refractivity contribution in [2.24, 2.45) is 0 Å². The molecule has 0 spiro atoms. The van der Waals surface area contributed by atoms with Gasteiger partial charge in [-0.2, -0.15) is 0 Å². The van der Waals surface area contributed by atoms with Crippen molar-refractivity contribution in [3.05, 3.63) is 17.7 Å². The molecule has 1 saturated heterocycles. The number of ether oxygens (including phenoxy) is 2. The van der Waals surface area contributed by atoms with Crippen molar-refractivity contribution in [1.82, 2.24) is 9.80 Å². The van der Waals surface area contributed by atoms with Gasteiger partial charge in [-0.15, -0.1) is 0 Å². The van der Waals surface area contributed by atoms with Crippen LogP contribution in [0.1, 0.15) is 31.2 Å². The SMILES string of the molecule is COc1cc2c(cc1OC)N(C(=O)CCN1CCCCC1)CC(N(C)C)C2. The van der Waals surface area contributed by atoms with Crippen molar-refractivity contribution < 1.29 is 14.3 Å². The van der Waals surface area contributed by atoms with Gasteiger partial charge in [-0.1, -0.05) is 6.42 Å². The predicted molar refractivity (Wildman–Crippen MR) is 108 cm³/mol. The fraction of sp³-hybridized carbons (Fsp3) is 0.667. The van der Waals surface area contributed by atoms with E-state index in [1.54, 1.807) is 14.2 Å². The Labute approximate surface area is 163 Å². The van der Waals surface area contributed by atoms with E-state index in [0.29, 0.717) is 24.8 Å².